The maximum absolute atomic E-state index is 14.2. The number of halogens is 5. The van der Waals surface area contributed by atoms with Crippen LogP contribution in [0.2, 0.25) is 0 Å². The molecule has 0 radical (unpaired) electrons. The summed E-state index contributed by atoms with van der Waals surface area (Å²) >= 11 is 0. The molecule has 0 bridgehead atoms. The van der Waals surface area contributed by atoms with Gasteiger partial charge in [0.2, 0.25) is 0 Å². The summed E-state index contributed by atoms with van der Waals surface area (Å²) in [5.41, 5.74) is -1.05. The first-order valence-corrected chi connectivity index (χ1v) is 10.5. The third kappa shape index (κ3) is 4.89. The molecule has 0 fully saturated rings. The van der Waals surface area contributed by atoms with Crippen molar-refractivity contribution in [2.24, 2.45) is 0 Å². The van der Waals surface area contributed by atoms with Gasteiger partial charge in [-0.2, -0.15) is 18.4 Å². The molecule has 178 valence electrons. The van der Waals surface area contributed by atoms with Gasteiger partial charge in [0.25, 0.3) is 5.56 Å². The Morgan fingerprint density at radius 2 is 1.61 bits per heavy atom. The maximum atomic E-state index is 14.2. The summed E-state index contributed by atoms with van der Waals surface area (Å²) in [6, 6.07) is 19.0. The van der Waals surface area contributed by atoms with Crippen molar-refractivity contribution >= 4 is 0 Å². The smallest absolute Gasteiger partial charge is 0.303 e. The summed E-state index contributed by atoms with van der Waals surface area (Å²) in [4.78, 5) is 12.8. The lowest BCUT2D eigenvalue weighted by atomic mass is 10.00. The van der Waals surface area contributed by atoms with Crippen LogP contribution < -0.4 is 5.56 Å². The summed E-state index contributed by atoms with van der Waals surface area (Å²) in [6.45, 7) is -0.536. The van der Waals surface area contributed by atoms with Gasteiger partial charge in [0.1, 0.15) is 23.3 Å². The zero-order chi connectivity index (χ0) is 26.0. The van der Waals surface area contributed by atoms with E-state index in [1.165, 1.54) is 35.4 Å². The second kappa shape index (κ2) is 9.52. The lowest BCUT2D eigenvalue weighted by Crippen LogP contribution is -2.29. The molecule has 1 heterocycles. The molecule has 8 heteroatoms. The topological polar surface area (TPSA) is 45.8 Å². The summed E-state index contributed by atoms with van der Waals surface area (Å²) in [5, 5.41) is 9.19. The molecular weight excluding hydrogens is 475 g/mol. The molecule has 1 aromatic heterocycles. The fraction of sp³-hybridized carbons (Fsp3) is 0.0714. The number of rotatable bonds is 3. The highest BCUT2D eigenvalue weighted by molar-refractivity contribution is 5.80. The first-order valence-electron chi connectivity index (χ1n) is 10.5. The molecule has 0 amide bonds. The van der Waals surface area contributed by atoms with Crippen LogP contribution in [0.3, 0.4) is 0 Å². The first kappa shape index (κ1) is 24.4. The Bertz CT molecular complexity index is 1600. The monoisotopic (exact) mass is 490 g/mol. The third-order valence-electron chi connectivity index (χ3n) is 5.53. The second-order valence-electron chi connectivity index (χ2n) is 7.83. The molecular formula is C28H15F5N2O. The van der Waals surface area contributed by atoms with Crippen molar-refractivity contribution < 1.29 is 22.0 Å². The Balaban J connectivity index is 0.000000434. The minimum Gasteiger partial charge on any atom is -0.303 e. The van der Waals surface area contributed by atoms with Gasteiger partial charge in [-0.15, -0.1) is 6.42 Å². The van der Waals surface area contributed by atoms with Gasteiger partial charge in [-0.3, -0.25) is 4.79 Å². The molecule has 2 aliphatic carbocycles. The summed E-state index contributed by atoms with van der Waals surface area (Å²) in [5.74, 6) is 0.481. The Hall–Kier alpha value is -4.69. The van der Waals surface area contributed by atoms with Crippen LogP contribution in [0.15, 0.2) is 77.6 Å². The van der Waals surface area contributed by atoms with E-state index in [1.807, 2.05) is 0 Å². The average molecular weight is 490 g/mol. The average Bonchev–Trinajstić information content (AvgIpc) is 3.45. The van der Waals surface area contributed by atoms with E-state index in [0.717, 1.165) is 16.7 Å². The minimum atomic E-state index is -4.98. The fourth-order valence-electron chi connectivity index (χ4n) is 3.69. The number of alkyl halides is 3. The highest BCUT2D eigenvalue weighted by Gasteiger charge is 2.36. The van der Waals surface area contributed by atoms with Crippen molar-refractivity contribution in [3.63, 3.8) is 0 Å². The quantitative estimate of drug-likeness (QED) is 0.218. The predicted octanol–water partition coefficient (Wildman–Crippen LogP) is 6.38. The highest BCUT2D eigenvalue weighted by Crippen LogP contribution is 2.35. The highest BCUT2D eigenvalue weighted by atomic mass is 19.4. The van der Waals surface area contributed by atoms with Gasteiger partial charge >= 0.3 is 6.18 Å². The van der Waals surface area contributed by atoms with Crippen molar-refractivity contribution in [3.05, 3.63) is 117 Å². The standard InChI is InChI=1S/C22H11F5N2O.C6H4/c1-2-13-5-3-4-6-16(13)20-10-18(22(25,26)27)17(11-28)21(30)29(20)12-14-7-8-15(23)9-19(14)24;1-2-5-4-6(5)3-1/h1,3-10H,12H2;1-4H. The number of hydrogen-bond donors (Lipinski definition) is 0. The van der Waals surface area contributed by atoms with Gasteiger partial charge in [0, 0.05) is 22.8 Å². The van der Waals surface area contributed by atoms with Crippen molar-refractivity contribution in [3.8, 4) is 40.8 Å². The lowest BCUT2D eigenvalue weighted by molar-refractivity contribution is -0.137. The number of aromatic nitrogens is 1. The molecule has 0 aliphatic heterocycles. The number of benzene rings is 3. The lowest BCUT2D eigenvalue weighted by Gasteiger charge is -2.18. The number of nitriles is 1. The van der Waals surface area contributed by atoms with E-state index in [9.17, 15) is 32.0 Å². The SMILES string of the molecule is C#Cc1ccccc1-c1cc(C(F)(F)F)c(C#N)c(=O)n1Cc1ccc(F)cc1F.c1cc2cc-2c1. The van der Waals surface area contributed by atoms with E-state index in [2.05, 4.69) is 30.2 Å². The molecule has 36 heavy (non-hydrogen) atoms. The fourth-order valence-corrected chi connectivity index (χ4v) is 3.69. The van der Waals surface area contributed by atoms with Crippen LogP contribution in [0, 0.1) is 35.3 Å². The summed E-state index contributed by atoms with van der Waals surface area (Å²) < 4.78 is 68.8. The van der Waals surface area contributed by atoms with E-state index in [0.29, 0.717) is 12.1 Å². The molecule has 0 spiro atoms. The Morgan fingerprint density at radius 1 is 0.917 bits per heavy atom. The zero-order valence-corrected chi connectivity index (χ0v) is 18.4. The molecule has 5 rings (SSSR count). The molecule has 0 saturated carbocycles. The van der Waals surface area contributed by atoms with Crippen LogP contribution in [0.25, 0.3) is 22.4 Å². The molecule has 2 aromatic carbocycles. The Morgan fingerprint density at radius 3 is 2.14 bits per heavy atom. The summed E-state index contributed by atoms with van der Waals surface area (Å²) in [6.07, 6.45) is 0.454. The van der Waals surface area contributed by atoms with E-state index in [1.54, 1.807) is 6.07 Å². The number of nitrogens with zero attached hydrogens (tertiary/aromatic N) is 2. The number of pyridine rings is 1. The van der Waals surface area contributed by atoms with Gasteiger partial charge in [0.15, 0.2) is 0 Å². The van der Waals surface area contributed by atoms with Crippen molar-refractivity contribution in [2.75, 3.05) is 0 Å². The molecule has 0 atom stereocenters. The normalized spacial score (nSPS) is 11.1. The van der Waals surface area contributed by atoms with Crippen LogP contribution >= 0.6 is 0 Å². The second-order valence-corrected chi connectivity index (χ2v) is 7.83. The molecule has 2 aliphatic rings. The van der Waals surface area contributed by atoms with Crippen molar-refractivity contribution in [2.45, 2.75) is 12.7 Å². The number of terminal acetylenes is 1. The predicted molar refractivity (Wildman–Crippen MR) is 125 cm³/mol. The number of fused-ring (bicyclic) bond motifs is 1. The van der Waals surface area contributed by atoms with E-state index in [-0.39, 0.29) is 22.4 Å². The number of hydrogen-bond acceptors (Lipinski definition) is 2. The van der Waals surface area contributed by atoms with Crippen LogP contribution in [-0.4, -0.2) is 4.57 Å². The molecule has 3 aromatic rings. The van der Waals surface area contributed by atoms with Gasteiger partial charge in [-0.1, -0.05) is 48.4 Å². The van der Waals surface area contributed by atoms with Crippen molar-refractivity contribution in [1.82, 2.24) is 4.57 Å². The third-order valence-corrected chi connectivity index (χ3v) is 5.53. The van der Waals surface area contributed by atoms with Crippen molar-refractivity contribution in [1.29, 1.82) is 5.26 Å². The van der Waals surface area contributed by atoms with Crippen LogP contribution in [-0.2, 0) is 12.7 Å². The van der Waals surface area contributed by atoms with Gasteiger partial charge in [-0.05, 0) is 35.4 Å². The molecule has 0 saturated heterocycles. The van der Waals surface area contributed by atoms with E-state index < -0.39 is 41.0 Å². The molecule has 3 nitrogen and oxygen atoms in total. The van der Waals surface area contributed by atoms with Crippen LogP contribution in [0.5, 0.6) is 0 Å². The Kier molecular flexibility index (Phi) is 6.46. The summed E-state index contributed by atoms with van der Waals surface area (Å²) in [7, 11) is 0. The van der Waals surface area contributed by atoms with Crippen LogP contribution in [0.1, 0.15) is 22.3 Å². The zero-order valence-electron chi connectivity index (χ0n) is 18.4. The molecule has 0 N–H and O–H groups in total. The minimum absolute atomic E-state index is 0.120. The van der Waals surface area contributed by atoms with Gasteiger partial charge < -0.3 is 4.57 Å². The van der Waals surface area contributed by atoms with Gasteiger partial charge in [0.05, 0.1) is 17.8 Å². The largest absolute Gasteiger partial charge is 0.417 e. The molecule has 0 unspecified atom stereocenters. The Labute approximate surface area is 202 Å². The van der Waals surface area contributed by atoms with Gasteiger partial charge in [-0.25, -0.2) is 8.78 Å². The van der Waals surface area contributed by atoms with Crippen LogP contribution in [0.4, 0.5) is 22.0 Å². The van der Waals surface area contributed by atoms with E-state index in [4.69, 9.17) is 6.42 Å². The maximum Gasteiger partial charge on any atom is 0.417 e. The van der Waals surface area contributed by atoms with E-state index >= 15 is 0 Å². The first-order chi connectivity index (χ1) is 17.1.